The molecule has 0 saturated carbocycles. The Morgan fingerprint density at radius 2 is 1.55 bits per heavy atom. The summed E-state index contributed by atoms with van der Waals surface area (Å²) in [5.41, 5.74) is 8.15. The number of halogens is 1. The molecule has 2 atom stereocenters. The molecule has 10 heteroatoms. The lowest BCUT2D eigenvalue weighted by Crippen LogP contribution is -2.54. The number of nitrogens with two attached hydrogens (primary N) is 1. The van der Waals surface area contributed by atoms with Gasteiger partial charge in [-0.05, 0) is 76.3 Å². The van der Waals surface area contributed by atoms with E-state index in [1.54, 1.807) is 32.9 Å². The molecule has 2 aromatic rings. The number of alkyl carbamates (subject to hydrolysis) is 1. The molecule has 4 amide bonds. The summed E-state index contributed by atoms with van der Waals surface area (Å²) in [5, 5.41) is 5.84. The van der Waals surface area contributed by atoms with Gasteiger partial charge in [-0.3, -0.25) is 14.4 Å². The zero-order chi connectivity index (χ0) is 31.6. The molecule has 2 rings (SSSR count). The van der Waals surface area contributed by atoms with E-state index in [1.807, 2.05) is 45.0 Å². The second-order valence-corrected chi connectivity index (χ2v) is 12.0. The van der Waals surface area contributed by atoms with E-state index in [0.29, 0.717) is 22.7 Å². The third-order valence-electron chi connectivity index (χ3n) is 6.78. The number of anilines is 1. The van der Waals surface area contributed by atoms with E-state index < -0.39 is 47.9 Å². The highest BCUT2D eigenvalue weighted by atomic mass is 35.5. The third-order valence-corrected chi connectivity index (χ3v) is 7.09. The Kier molecular flexibility index (Phi) is 12.8. The van der Waals surface area contributed by atoms with E-state index in [1.165, 1.54) is 4.90 Å². The Morgan fingerprint density at radius 1 is 0.952 bits per heavy atom. The molecule has 0 aromatic heterocycles. The molecule has 9 nitrogen and oxygen atoms in total. The number of carbonyl (C=O) groups is 4. The van der Waals surface area contributed by atoms with Crippen LogP contribution in [0.25, 0.3) is 0 Å². The summed E-state index contributed by atoms with van der Waals surface area (Å²) in [6.07, 6.45) is 2.02. The van der Waals surface area contributed by atoms with Gasteiger partial charge in [-0.1, -0.05) is 68.1 Å². The van der Waals surface area contributed by atoms with Gasteiger partial charge in [-0.25, -0.2) is 4.79 Å². The van der Waals surface area contributed by atoms with Crippen molar-refractivity contribution >= 4 is 41.1 Å². The first-order valence-corrected chi connectivity index (χ1v) is 14.7. The summed E-state index contributed by atoms with van der Waals surface area (Å²) in [5.74, 6) is -1.87. The van der Waals surface area contributed by atoms with Crippen molar-refractivity contribution in [3.63, 3.8) is 0 Å². The lowest BCUT2D eigenvalue weighted by Gasteiger charge is -2.36. The fraction of sp³-hybridized carbons (Fsp3) is 0.500. The van der Waals surface area contributed by atoms with Crippen LogP contribution in [0, 0.1) is 20.8 Å². The molecule has 0 aliphatic rings. The molecule has 2 aromatic carbocycles. The highest BCUT2D eigenvalue weighted by Crippen LogP contribution is 2.32. The number of hydrogen-bond donors (Lipinski definition) is 3. The summed E-state index contributed by atoms with van der Waals surface area (Å²) in [7, 11) is 0. The van der Waals surface area contributed by atoms with Crippen LogP contribution in [0.1, 0.15) is 88.1 Å². The minimum absolute atomic E-state index is 0.206. The van der Waals surface area contributed by atoms with Crippen molar-refractivity contribution in [2.75, 3.05) is 11.9 Å². The highest BCUT2D eigenvalue weighted by molar-refractivity contribution is 6.34. The summed E-state index contributed by atoms with van der Waals surface area (Å²) < 4.78 is 5.36. The van der Waals surface area contributed by atoms with Crippen LogP contribution in [0.3, 0.4) is 0 Å². The maximum atomic E-state index is 14.3. The maximum Gasteiger partial charge on any atom is 0.408 e. The monoisotopic (exact) mass is 600 g/mol. The fourth-order valence-corrected chi connectivity index (χ4v) is 5.06. The Bertz CT molecular complexity index is 1230. The number of primary amides is 1. The first-order chi connectivity index (χ1) is 19.7. The quantitative estimate of drug-likeness (QED) is 0.238. The number of rotatable bonds is 13. The SMILES string of the molecule is CCCCCCN(C(=O)C(CC(N)=O)NC(=O)OC(C)(C)C)C(C(=O)Nc1c(C)cccc1Cl)c1c(C)cccc1C. The third kappa shape index (κ3) is 10.0. The average Bonchev–Trinajstić information content (AvgIpc) is 2.87. The molecule has 42 heavy (non-hydrogen) atoms. The molecule has 0 radical (unpaired) electrons. The molecule has 0 spiro atoms. The predicted molar refractivity (Wildman–Crippen MR) is 166 cm³/mol. The van der Waals surface area contributed by atoms with Crippen LogP contribution >= 0.6 is 11.6 Å². The van der Waals surface area contributed by atoms with Crippen molar-refractivity contribution in [3.8, 4) is 0 Å². The number of para-hydroxylation sites is 1. The van der Waals surface area contributed by atoms with Gasteiger partial charge in [-0.2, -0.15) is 0 Å². The zero-order valence-corrected chi connectivity index (χ0v) is 26.6. The normalized spacial score (nSPS) is 12.7. The molecular formula is C32H45ClN4O5. The van der Waals surface area contributed by atoms with Crippen LogP contribution in [-0.4, -0.2) is 46.9 Å². The Morgan fingerprint density at radius 3 is 2.10 bits per heavy atom. The molecule has 0 saturated heterocycles. The van der Waals surface area contributed by atoms with Crippen LogP contribution < -0.4 is 16.4 Å². The second kappa shape index (κ2) is 15.6. The number of unbranched alkanes of at least 4 members (excludes halogenated alkanes) is 3. The highest BCUT2D eigenvalue weighted by Gasteiger charge is 2.38. The van der Waals surface area contributed by atoms with E-state index in [2.05, 4.69) is 17.6 Å². The van der Waals surface area contributed by atoms with E-state index in [4.69, 9.17) is 22.1 Å². The molecular weight excluding hydrogens is 556 g/mol. The number of benzene rings is 2. The van der Waals surface area contributed by atoms with Gasteiger partial charge in [0.15, 0.2) is 0 Å². The number of aryl methyl sites for hydroxylation is 3. The molecule has 0 bridgehead atoms. The fourth-order valence-electron chi connectivity index (χ4n) is 4.80. The molecule has 0 aliphatic heterocycles. The smallest absolute Gasteiger partial charge is 0.408 e. The predicted octanol–water partition coefficient (Wildman–Crippen LogP) is 6.12. The first kappa shape index (κ1) is 34.6. The number of ether oxygens (including phenoxy) is 1. The molecule has 0 heterocycles. The number of nitrogens with one attached hydrogen (secondary N) is 2. The van der Waals surface area contributed by atoms with Crippen LogP contribution in [0.15, 0.2) is 36.4 Å². The number of amides is 4. The van der Waals surface area contributed by atoms with Crippen LogP contribution in [-0.2, 0) is 19.1 Å². The first-order valence-electron chi connectivity index (χ1n) is 14.4. The van der Waals surface area contributed by atoms with Gasteiger partial charge in [0, 0.05) is 6.54 Å². The molecule has 0 fully saturated rings. The summed E-state index contributed by atoms with van der Waals surface area (Å²) in [4.78, 5) is 54.8. The van der Waals surface area contributed by atoms with Crippen molar-refractivity contribution in [3.05, 3.63) is 63.7 Å². The van der Waals surface area contributed by atoms with Gasteiger partial charge in [0.1, 0.15) is 17.7 Å². The number of hydrogen-bond acceptors (Lipinski definition) is 5. The largest absolute Gasteiger partial charge is 0.444 e. The van der Waals surface area contributed by atoms with Gasteiger partial charge in [0.2, 0.25) is 11.8 Å². The minimum atomic E-state index is -1.34. The van der Waals surface area contributed by atoms with Gasteiger partial charge in [-0.15, -0.1) is 0 Å². The topological polar surface area (TPSA) is 131 Å². The van der Waals surface area contributed by atoms with Gasteiger partial charge < -0.3 is 26.0 Å². The Labute approximate surface area is 254 Å². The summed E-state index contributed by atoms with van der Waals surface area (Å²) >= 11 is 6.46. The average molecular weight is 601 g/mol. The van der Waals surface area contributed by atoms with E-state index in [-0.39, 0.29) is 6.54 Å². The van der Waals surface area contributed by atoms with Crippen molar-refractivity contribution in [1.82, 2.24) is 10.2 Å². The van der Waals surface area contributed by atoms with Crippen molar-refractivity contribution in [2.45, 2.75) is 98.3 Å². The van der Waals surface area contributed by atoms with E-state index in [0.717, 1.165) is 36.0 Å². The van der Waals surface area contributed by atoms with Crippen LogP contribution in [0.5, 0.6) is 0 Å². The van der Waals surface area contributed by atoms with Crippen LogP contribution in [0.2, 0.25) is 5.02 Å². The molecule has 2 unspecified atom stereocenters. The zero-order valence-electron chi connectivity index (χ0n) is 25.8. The Balaban J connectivity index is 2.66. The number of carbonyl (C=O) groups excluding carboxylic acids is 4. The Hall–Kier alpha value is -3.59. The second-order valence-electron chi connectivity index (χ2n) is 11.6. The van der Waals surface area contributed by atoms with Crippen molar-refractivity contribution < 1.29 is 23.9 Å². The lowest BCUT2D eigenvalue weighted by atomic mass is 9.93. The van der Waals surface area contributed by atoms with Gasteiger partial charge >= 0.3 is 6.09 Å². The van der Waals surface area contributed by atoms with Gasteiger partial charge in [0.05, 0.1) is 17.1 Å². The van der Waals surface area contributed by atoms with Gasteiger partial charge in [0.25, 0.3) is 5.91 Å². The summed E-state index contributed by atoms with van der Waals surface area (Å²) in [6, 6.07) is 8.50. The standard InChI is InChI=1S/C32H45ClN4O5/c1-8-9-10-11-18-37(30(40)24(19-25(34)38)35-31(41)42-32(5,6)7)28(26-20(2)14-12-15-21(26)3)29(39)36-27-22(4)16-13-17-23(27)33/h12-17,24,28H,8-11,18-19H2,1-7H3,(H2,34,38)(H,35,41)(H,36,39). The van der Waals surface area contributed by atoms with E-state index in [9.17, 15) is 19.2 Å². The van der Waals surface area contributed by atoms with Crippen molar-refractivity contribution in [1.29, 1.82) is 0 Å². The summed E-state index contributed by atoms with van der Waals surface area (Å²) in [6.45, 7) is 12.9. The van der Waals surface area contributed by atoms with E-state index >= 15 is 0 Å². The van der Waals surface area contributed by atoms with Crippen molar-refractivity contribution in [2.24, 2.45) is 5.73 Å². The molecule has 230 valence electrons. The molecule has 0 aliphatic carbocycles. The molecule has 4 N–H and O–H groups in total. The minimum Gasteiger partial charge on any atom is -0.444 e. The lowest BCUT2D eigenvalue weighted by molar-refractivity contribution is -0.142. The number of nitrogens with zero attached hydrogens (tertiary/aromatic N) is 1. The maximum absolute atomic E-state index is 14.3. The van der Waals surface area contributed by atoms with Crippen LogP contribution in [0.4, 0.5) is 10.5 Å².